The molecule has 2 aliphatic heterocycles. The Hall–Kier alpha value is -0.420. The zero-order valence-electron chi connectivity index (χ0n) is 16.9. The maximum Gasteiger partial charge on any atom is 0.174 e. The van der Waals surface area contributed by atoms with Gasteiger partial charge in [0, 0.05) is 24.7 Å². The fourth-order valence-electron chi connectivity index (χ4n) is 8.23. The van der Waals surface area contributed by atoms with Crippen molar-refractivity contribution in [2.75, 3.05) is 26.4 Å². The molecule has 5 fully saturated rings. The first-order valence-electron chi connectivity index (χ1n) is 11.3. The third-order valence-corrected chi connectivity index (χ3v) is 9.72. The molecule has 0 aromatic rings. The van der Waals surface area contributed by atoms with Gasteiger partial charge in [0.25, 0.3) is 0 Å². The van der Waals surface area contributed by atoms with Crippen LogP contribution in [0.1, 0.15) is 65.2 Å². The summed E-state index contributed by atoms with van der Waals surface area (Å²) >= 11 is 0. The summed E-state index contributed by atoms with van der Waals surface area (Å²) in [5.74, 6) is 1.73. The van der Waals surface area contributed by atoms with E-state index >= 15 is 0 Å². The Balaban J connectivity index is 1.32. The Morgan fingerprint density at radius 2 is 1.52 bits per heavy atom. The van der Waals surface area contributed by atoms with E-state index in [1.807, 2.05) is 0 Å². The number of allylic oxidation sites excluding steroid dienone is 1. The molecule has 0 aromatic carbocycles. The number of hydrogen-bond acceptors (Lipinski definition) is 4. The molecule has 3 saturated carbocycles. The van der Waals surface area contributed by atoms with Gasteiger partial charge >= 0.3 is 0 Å². The van der Waals surface area contributed by atoms with Crippen molar-refractivity contribution < 1.29 is 18.9 Å². The highest BCUT2D eigenvalue weighted by atomic mass is 16.7. The van der Waals surface area contributed by atoms with Gasteiger partial charge in [-0.25, -0.2) is 0 Å². The molecule has 2 spiro atoms. The van der Waals surface area contributed by atoms with Gasteiger partial charge in [-0.2, -0.15) is 0 Å². The summed E-state index contributed by atoms with van der Waals surface area (Å²) < 4.78 is 24.7. The van der Waals surface area contributed by atoms with Gasteiger partial charge in [-0.15, -0.1) is 0 Å². The van der Waals surface area contributed by atoms with E-state index < -0.39 is 0 Å². The minimum atomic E-state index is -0.301. The van der Waals surface area contributed by atoms with Crippen LogP contribution >= 0.6 is 0 Å². The van der Waals surface area contributed by atoms with Crippen molar-refractivity contribution in [3.63, 3.8) is 0 Å². The molecule has 0 bridgehead atoms. The molecule has 6 aliphatic rings. The first kappa shape index (κ1) is 17.4. The van der Waals surface area contributed by atoms with Gasteiger partial charge < -0.3 is 18.9 Å². The second kappa shape index (κ2) is 5.59. The Bertz CT molecular complexity index is 659. The summed E-state index contributed by atoms with van der Waals surface area (Å²) in [5.41, 5.74) is 2.15. The van der Waals surface area contributed by atoms with Crippen LogP contribution in [-0.4, -0.2) is 38.0 Å². The zero-order valence-corrected chi connectivity index (χ0v) is 16.9. The molecule has 2 saturated heterocycles. The van der Waals surface area contributed by atoms with E-state index in [1.54, 1.807) is 5.57 Å². The third-order valence-electron chi connectivity index (χ3n) is 9.72. The first-order chi connectivity index (χ1) is 13.0. The standard InChI is InChI=1S/C23H34O4/c1-20-9-10-22(24-11-12-25-22)15-16(20)3-4-17-18(20)5-7-21(2)19(17)6-8-23(21)26-13-14-27-23/h3,17-19H,4-15H2,1-2H3/t17-,18+,19-,20-,21-/m1/s1. The Labute approximate surface area is 162 Å². The summed E-state index contributed by atoms with van der Waals surface area (Å²) in [6.07, 6.45) is 12.0. The molecule has 4 heteroatoms. The van der Waals surface area contributed by atoms with Crippen molar-refractivity contribution in [1.82, 2.24) is 0 Å². The van der Waals surface area contributed by atoms with E-state index in [2.05, 4.69) is 19.9 Å². The minimum absolute atomic E-state index is 0.194. The van der Waals surface area contributed by atoms with Crippen LogP contribution in [0.3, 0.4) is 0 Å². The van der Waals surface area contributed by atoms with E-state index in [9.17, 15) is 0 Å². The second-order valence-electron chi connectivity index (χ2n) is 10.5. The molecule has 27 heavy (non-hydrogen) atoms. The van der Waals surface area contributed by atoms with Gasteiger partial charge in [-0.05, 0) is 55.3 Å². The third kappa shape index (κ3) is 2.14. The van der Waals surface area contributed by atoms with E-state index in [-0.39, 0.29) is 17.0 Å². The van der Waals surface area contributed by atoms with Gasteiger partial charge in [-0.3, -0.25) is 0 Å². The zero-order chi connectivity index (χ0) is 18.3. The quantitative estimate of drug-likeness (QED) is 0.588. The molecule has 4 nitrogen and oxygen atoms in total. The Kier molecular flexibility index (Phi) is 3.61. The van der Waals surface area contributed by atoms with Crippen molar-refractivity contribution >= 4 is 0 Å². The van der Waals surface area contributed by atoms with E-state index in [1.165, 1.54) is 32.1 Å². The molecular formula is C23H34O4. The van der Waals surface area contributed by atoms with E-state index in [4.69, 9.17) is 18.9 Å². The van der Waals surface area contributed by atoms with E-state index in [0.717, 1.165) is 63.4 Å². The summed E-state index contributed by atoms with van der Waals surface area (Å²) in [6, 6.07) is 0. The van der Waals surface area contributed by atoms with Gasteiger partial charge in [0.1, 0.15) is 0 Å². The van der Waals surface area contributed by atoms with Crippen molar-refractivity contribution in [2.45, 2.75) is 76.8 Å². The molecule has 0 aromatic heterocycles. The average molecular weight is 375 g/mol. The smallest absolute Gasteiger partial charge is 0.174 e. The number of ether oxygens (including phenoxy) is 4. The molecule has 4 aliphatic carbocycles. The molecular weight excluding hydrogens is 340 g/mol. The topological polar surface area (TPSA) is 36.9 Å². The van der Waals surface area contributed by atoms with Crippen molar-refractivity contribution in [3.05, 3.63) is 11.6 Å². The lowest BCUT2D eigenvalue weighted by Crippen LogP contribution is -2.55. The highest BCUT2D eigenvalue weighted by molar-refractivity contribution is 5.27. The lowest BCUT2D eigenvalue weighted by Gasteiger charge is -2.59. The molecule has 6 rings (SSSR count). The lowest BCUT2D eigenvalue weighted by atomic mass is 9.47. The second-order valence-corrected chi connectivity index (χ2v) is 10.5. The van der Waals surface area contributed by atoms with Gasteiger partial charge in [0.2, 0.25) is 0 Å². The molecule has 5 atom stereocenters. The summed E-state index contributed by atoms with van der Waals surface area (Å²) in [7, 11) is 0. The highest BCUT2D eigenvalue weighted by Crippen LogP contribution is 2.69. The monoisotopic (exact) mass is 374 g/mol. The van der Waals surface area contributed by atoms with Crippen LogP contribution in [-0.2, 0) is 18.9 Å². The maximum atomic E-state index is 6.28. The number of rotatable bonds is 0. The van der Waals surface area contributed by atoms with Crippen LogP contribution in [0.5, 0.6) is 0 Å². The maximum absolute atomic E-state index is 6.28. The van der Waals surface area contributed by atoms with E-state index in [0.29, 0.717) is 5.41 Å². The van der Waals surface area contributed by atoms with Crippen LogP contribution in [0.4, 0.5) is 0 Å². The van der Waals surface area contributed by atoms with Crippen LogP contribution in [0.2, 0.25) is 0 Å². The minimum Gasteiger partial charge on any atom is -0.347 e. The lowest BCUT2D eigenvalue weighted by molar-refractivity contribution is -0.243. The normalized spacial score (nSPS) is 49.7. The molecule has 150 valence electrons. The van der Waals surface area contributed by atoms with Crippen LogP contribution in [0, 0.1) is 28.6 Å². The fraction of sp³-hybridized carbons (Fsp3) is 0.913. The van der Waals surface area contributed by atoms with Crippen LogP contribution < -0.4 is 0 Å². The van der Waals surface area contributed by atoms with Crippen LogP contribution in [0.15, 0.2) is 11.6 Å². The largest absolute Gasteiger partial charge is 0.347 e. The Morgan fingerprint density at radius 3 is 2.30 bits per heavy atom. The van der Waals surface area contributed by atoms with Crippen molar-refractivity contribution in [1.29, 1.82) is 0 Å². The predicted octanol–water partition coefficient (Wildman–Crippen LogP) is 4.44. The van der Waals surface area contributed by atoms with Gasteiger partial charge in [0.05, 0.1) is 26.4 Å². The SMILES string of the molecule is C[C@@]12CCC3(CC1=CC[C@H]1[C@H]4CCC5(OCCO5)[C@]4(C)CC[C@@H]12)OCCO3. The summed E-state index contributed by atoms with van der Waals surface area (Å²) in [6.45, 7) is 8.11. The first-order valence-corrected chi connectivity index (χ1v) is 11.3. The number of fused-ring (bicyclic) bond motifs is 6. The fourth-order valence-corrected chi connectivity index (χ4v) is 8.23. The van der Waals surface area contributed by atoms with Crippen LogP contribution in [0.25, 0.3) is 0 Å². The molecule has 0 radical (unpaired) electrons. The Morgan fingerprint density at radius 1 is 0.815 bits per heavy atom. The predicted molar refractivity (Wildman–Crippen MR) is 101 cm³/mol. The van der Waals surface area contributed by atoms with Gasteiger partial charge in [-0.1, -0.05) is 25.5 Å². The molecule has 0 amide bonds. The van der Waals surface area contributed by atoms with Crippen molar-refractivity contribution in [2.24, 2.45) is 28.6 Å². The summed E-state index contributed by atoms with van der Waals surface area (Å²) in [4.78, 5) is 0. The molecule has 2 heterocycles. The average Bonchev–Trinajstić information content (AvgIpc) is 3.38. The van der Waals surface area contributed by atoms with Crippen molar-refractivity contribution in [3.8, 4) is 0 Å². The number of hydrogen-bond donors (Lipinski definition) is 0. The molecule has 0 N–H and O–H groups in total. The molecule has 0 unspecified atom stereocenters. The van der Waals surface area contributed by atoms with Gasteiger partial charge in [0.15, 0.2) is 11.6 Å². The summed E-state index contributed by atoms with van der Waals surface area (Å²) in [5, 5.41) is 0. The highest BCUT2D eigenvalue weighted by Gasteiger charge is 2.67.